The molecule has 2 aromatic carbocycles. The number of rotatable bonds is 8. The lowest BCUT2D eigenvalue weighted by molar-refractivity contribution is 0.0943. The van der Waals surface area contributed by atoms with Crippen molar-refractivity contribution in [1.82, 2.24) is 14.4 Å². The standard InChI is InChI=1S/C28H29FN4O2/c1-17-12-20(8-11-22(17)25(34)13-18-4-5-18)24-14-30-27-26(31-16-28(2,3)35)32-23(15-33(24)27)19-6-9-21(29)10-7-19/h6-12,14-15,18,35H,4-5,13,16H2,1-3H3,(H,31,32). The van der Waals surface area contributed by atoms with Crippen LogP contribution in [0.15, 0.2) is 54.9 Å². The van der Waals surface area contributed by atoms with Crippen LogP contribution in [-0.2, 0) is 0 Å². The molecule has 180 valence electrons. The number of aryl methyl sites for hydroxylation is 1. The van der Waals surface area contributed by atoms with Gasteiger partial charge >= 0.3 is 0 Å². The van der Waals surface area contributed by atoms with Crippen LogP contribution in [0.5, 0.6) is 0 Å². The lowest BCUT2D eigenvalue weighted by Gasteiger charge is -2.19. The summed E-state index contributed by atoms with van der Waals surface area (Å²) in [5.41, 5.74) is 4.57. The Labute approximate surface area is 203 Å². The lowest BCUT2D eigenvalue weighted by atomic mass is 9.98. The van der Waals surface area contributed by atoms with Gasteiger partial charge in [0.25, 0.3) is 0 Å². The number of hydrogen-bond acceptors (Lipinski definition) is 5. The predicted molar refractivity (Wildman–Crippen MR) is 135 cm³/mol. The van der Waals surface area contributed by atoms with E-state index in [4.69, 9.17) is 4.98 Å². The first-order valence-electron chi connectivity index (χ1n) is 11.9. The summed E-state index contributed by atoms with van der Waals surface area (Å²) in [6.07, 6.45) is 6.58. The summed E-state index contributed by atoms with van der Waals surface area (Å²) in [5.74, 6) is 0.960. The number of anilines is 1. The number of benzene rings is 2. The number of nitrogens with zero attached hydrogens (tertiary/aromatic N) is 3. The molecule has 1 saturated carbocycles. The Morgan fingerprint density at radius 3 is 2.54 bits per heavy atom. The van der Waals surface area contributed by atoms with Crippen molar-refractivity contribution >= 4 is 17.2 Å². The highest BCUT2D eigenvalue weighted by atomic mass is 19.1. The van der Waals surface area contributed by atoms with Crippen LogP contribution < -0.4 is 5.32 Å². The van der Waals surface area contributed by atoms with E-state index in [0.29, 0.717) is 29.5 Å². The minimum atomic E-state index is -0.945. The van der Waals surface area contributed by atoms with Gasteiger partial charge in [0, 0.05) is 35.9 Å². The quantitative estimate of drug-likeness (QED) is 0.323. The molecule has 0 unspecified atom stereocenters. The van der Waals surface area contributed by atoms with Crippen molar-refractivity contribution in [3.05, 3.63) is 71.8 Å². The van der Waals surface area contributed by atoms with Crippen molar-refractivity contribution in [3.63, 3.8) is 0 Å². The maximum absolute atomic E-state index is 13.5. The zero-order chi connectivity index (χ0) is 24.7. The Bertz CT molecular complexity index is 1400. The maximum Gasteiger partial charge on any atom is 0.180 e. The van der Waals surface area contributed by atoms with Crippen molar-refractivity contribution in [2.75, 3.05) is 11.9 Å². The molecule has 1 fully saturated rings. The minimum absolute atomic E-state index is 0.204. The van der Waals surface area contributed by atoms with Crippen LogP contribution in [0, 0.1) is 18.7 Å². The monoisotopic (exact) mass is 472 g/mol. The van der Waals surface area contributed by atoms with E-state index in [1.54, 1.807) is 32.2 Å². The van der Waals surface area contributed by atoms with E-state index >= 15 is 0 Å². The molecule has 0 bridgehead atoms. The third-order valence-corrected chi connectivity index (χ3v) is 6.31. The number of nitrogens with one attached hydrogen (secondary N) is 1. The van der Waals surface area contributed by atoms with E-state index in [1.807, 2.05) is 35.7 Å². The van der Waals surface area contributed by atoms with E-state index in [2.05, 4.69) is 10.3 Å². The van der Waals surface area contributed by atoms with Crippen LogP contribution in [0.2, 0.25) is 0 Å². The molecule has 2 heterocycles. The summed E-state index contributed by atoms with van der Waals surface area (Å²) in [6, 6.07) is 12.1. The minimum Gasteiger partial charge on any atom is -0.389 e. The molecule has 2 N–H and O–H groups in total. The largest absolute Gasteiger partial charge is 0.389 e. The topological polar surface area (TPSA) is 79.5 Å². The molecule has 0 atom stereocenters. The van der Waals surface area contributed by atoms with E-state index in [1.165, 1.54) is 12.1 Å². The second kappa shape index (κ2) is 8.89. The number of fused-ring (bicyclic) bond motifs is 1. The van der Waals surface area contributed by atoms with Crippen molar-refractivity contribution in [2.24, 2.45) is 5.92 Å². The zero-order valence-electron chi connectivity index (χ0n) is 20.2. The fourth-order valence-corrected chi connectivity index (χ4v) is 4.21. The van der Waals surface area contributed by atoms with E-state index < -0.39 is 5.60 Å². The molecule has 0 aliphatic heterocycles. The van der Waals surface area contributed by atoms with Gasteiger partial charge in [-0.3, -0.25) is 9.20 Å². The van der Waals surface area contributed by atoms with Crippen molar-refractivity contribution in [2.45, 2.75) is 45.6 Å². The summed E-state index contributed by atoms with van der Waals surface area (Å²) in [7, 11) is 0. The molecule has 1 aliphatic carbocycles. The second-order valence-electron chi connectivity index (χ2n) is 10.1. The first kappa shape index (κ1) is 23.2. The van der Waals surface area contributed by atoms with Gasteiger partial charge in [0.15, 0.2) is 17.2 Å². The lowest BCUT2D eigenvalue weighted by Crippen LogP contribution is -2.29. The second-order valence-corrected chi connectivity index (χ2v) is 10.1. The van der Waals surface area contributed by atoms with E-state index in [9.17, 15) is 14.3 Å². The average Bonchev–Trinajstić information content (AvgIpc) is 3.52. The van der Waals surface area contributed by atoms with Crippen molar-refractivity contribution in [3.8, 4) is 22.5 Å². The number of aromatic nitrogens is 3. The number of halogens is 1. The van der Waals surface area contributed by atoms with Gasteiger partial charge in [0.05, 0.1) is 23.2 Å². The molecule has 5 rings (SSSR count). The van der Waals surface area contributed by atoms with Crippen molar-refractivity contribution < 1.29 is 14.3 Å². The molecular formula is C28H29FN4O2. The Balaban J connectivity index is 1.58. The first-order chi connectivity index (χ1) is 16.7. The number of carbonyl (C=O) groups excluding carboxylic acids is 1. The molecule has 0 saturated heterocycles. The molecule has 1 aliphatic rings. The highest BCUT2D eigenvalue weighted by Crippen LogP contribution is 2.34. The number of hydrogen-bond donors (Lipinski definition) is 2. The van der Waals surface area contributed by atoms with Gasteiger partial charge in [-0.1, -0.05) is 12.1 Å². The Hall–Kier alpha value is -3.58. The summed E-state index contributed by atoms with van der Waals surface area (Å²) in [5, 5.41) is 13.4. The summed E-state index contributed by atoms with van der Waals surface area (Å²) in [4.78, 5) is 22.0. The smallest absolute Gasteiger partial charge is 0.180 e. The van der Waals surface area contributed by atoms with Crippen LogP contribution in [-0.4, -0.2) is 37.4 Å². The van der Waals surface area contributed by atoms with Crippen molar-refractivity contribution in [1.29, 1.82) is 0 Å². The van der Waals surface area contributed by atoms with Crippen LogP contribution in [0.3, 0.4) is 0 Å². The molecule has 0 spiro atoms. The molecule has 7 heteroatoms. The summed E-state index contributed by atoms with van der Waals surface area (Å²) >= 11 is 0. The highest BCUT2D eigenvalue weighted by Gasteiger charge is 2.25. The zero-order valence-corrected chi connectivity index (χ0v) is 20.2. The number of Topliss-reactive ketones (excluding diaryl/α,β-unsaturated/α-hetero) is 1. The fraction of sp³-hybridized carbons (Fsp3) is 0.321. The number of carbonyl (C=O) groups is 1. The maximum atomic E-state index is 13.5. The third-order valence-electron chi connectivity index (χ3n) is 6.31. The van der Waals surface area contributed by atoms with Gasteiger partial charge in [-0.05, 0) is 75.4 Å². The average molecular weight is 473 g/mol. The van der Waals surface area contributed by atoms with Crippen LogP contribution >= 0.6 is 0 Å². The highest BCUT2D eigenvalue weighted by molar-refractivity contribution is 5.98. The third kappa shape index (κ3) is 5.10. The molecular weight excluding hydrogens is 443 g/mol. The SMILES string of the molecule is Cc1cc(-c2cnc3c(NCC(C)(C)O)nc(-c4ccc(F)cc4)cn23)ccc1C(=O)CC1CC1. The van der Waals surface area contributed by atoms with Crippen LogP contribution in [0.25, 0.3) is 28.2 Å². The molecule has 4 aromatic rings. The van der Waals surface area contributed by atoms with Gasteiger partial charge in [-0.25, -0.2) is 14.4 Å². The van der Waals surface area contributed by atoms with Gasteiger partial charge in [0.1, 0.15) is 5.82 Å². The number of aliphatic hydroxyl groups is 1. The molecule has 35 heavy (non-hydrogen) atoms. The Morgan fingerprint density at radius 2 is 1.89 bits per heavy atom. The summed E-state index contributed by atoms with van der Waals surface area (Å²) in [6.45, 7) is 5.68. The van der Waals surface area contributed by atoms with Gasteiger partial charge in [-0.2, -0.15) is 0 Å². The molecule has 0 radical (unpaired) electrons. The van der Waals surface area contributed by atoms with Gasteiger partial charge < -0.3 is 10.4 Å². The molecule has 2 aromatic heterocycles. The van der Waals surface area contributed by atoms with E-state index in [-0.39, 0.29) is 18.1 Å². The number of imidazole rings is 1. The fourth-order valence-electron chi connectivity index (χ4n) is 4.21. The van der Waals surface area contributed by atoms with Gasteiger partial charge in [-0.15, -0.1) is 0 Å². The van der Waals surface area contributed by atoms with Crippen LogP contribution in [0.1, 0.15) is 49.0 Å². The molecule has 0 amide bonds. The van der Waals surface area contributed by atoms with Gasteiger partial charge in [0.2, 0.25) is 0 Å². The molecule has 6 nitrogen and oxygen atoms in total. The normalized spacial score (nSPS) is 13.9. The Morgan fingerprint density at radius 1 is 1.17 bits per heavy atom. The number of ketones is 1. The van der Waals surface area contributed by atoms with E-state index in [0.717, 1.165) is 40.8 Å². The predicted octanol–water partition coefficient (Wildman–Crippen LogP) is 5.68. The first-order valence-corrected chi connectivity index (χ1v) is 11.9. The Kier molecular flexibility index (Phi) is 5.89. The van der Waals surface area contributed by atoms with Crippen LogP contribution in [0.4, 0.5) is 10.2 Å². The summed E-state index contributed by atoms with van der Waals surface area (Å²) < 4.78 is 15.5.